The molecular weight excluding hydrogens is 416 g/mol. The number of hydrogen-bond acceptors (Lipinski definition) is 6. The zero-order chi connectivity index (χ0) is 22.5. The van der Waals surface area contributed by atoms with E-state index in [4.69, 9.17) is 0 Å². The van der Waals surface area contributed by atoms with Crippen molar-refractivity contribution in [1.82, 2.24) is 23.5 Å². The topological polar surface area (TPSA) is 102 Å². The zero-order valence-electron chi connectivity index (χ0n) is 18.0. The van der Waals surface area contributed by atoms with E-state index in [-0.39, 0.29) is 10.5 Å². The molecule has 2 aromatic carbocycles. The molecule has 0 saturated carbocycles. The number of nitrogens with zero attached hydrogens (tertiary/aromatic N) is 5. The third kappa shape index (κ3) is 3.37. The minimum absolute atomic E-state index is 0.136. The second-order valence-electron chi connectivity index (χ2n) is 7.69. The molecule has 2 heterocycles. The van der Waals surface area contributed by atoms with Crippen LogP contribution in [0.15, 0.2) is 46.1 Å². The number of hydrogen-bond donors (Lipinski definition) is 1. The lowest BCUT2D eigenvalue weighted by atomic mass is 10.1. The predicted octanol–water partition coefficient (Wildman–Crippen LogP) is 2.06. The van der Waals surface area contributed by atoms with Crippen LogP contribution in [0.5, 0.6) is 0 Å². The van der Waals surface area contributed by atoms with E-state index in [1.54, 1.807) is 25.2 Å². The van der Waals surface area contributed by atoms with Crippen LogP contribution in [-0.2, 0) is 23.6 Å². The molecule has 0 aliphatic rings. The van der Waals surface area contributed by atoms with E-state index in [1.165, 1.54) is 23.0 Å². The van der Waals surface area contributed by atoms with Gasteiger partial charge in [0, 0.05) is 26.8 Å². The number of benzene rings is 2. The monoisotopic (exact) mass is 440 g/mol. The van der Waals surface area contributed by atoms with Gasteiger partial charge in [-0.05, 0) is 49.2 Å². The van der Waals surface area contributed by atoms with Crippen LogP contribution >= 0.6 is 0 Å². The first-order valence-electron chi connectivity index (χ1n) is 9.72. The van der Waals surface area contributed by atoms with Crippen molar-refractivity contribution in [3.8, 4) is 0 Å². The molecule has 0 spiro atoms. The molecule has 0 radical (unpaired) electrons. The number of para-hydroxylation sites is 1. The van der Waals surface area contributed by atoms with E-state index in [2.05, 4.69) is 15.5 Å². The van der Waals surface area contributed by atoms with Gasteiger partial charge in [-0.25, -0.2) is 12.7 Å². The summed E-state index contributed by atoms with van der Waals surface area (Å²) in [5.74, 6) is 1.05. The highest BCUT2D eigenvalue weighted by atomic mass is 32.2. The zero-order valence-corrected chi connectivity index (χ0v) is 18.9. The third-order valence-corrected chi connectivity index (χ3v) is 7.34. The van der Waals surface area contributed by atoms with Crippen LogP contribution in [0.3, 0.4) is 0 Å². The molecule has 9 nitrogen and oxygen atoms in total. The van der Waals surface area contributed by atoms with Crippen molar-refractivity contribution < 1.29 is 8.42 Å². The molecule has 0 aliphatic carbocycles. The van der Waals surface area contributed by atoms with Gasteiger partial charge >= 0.3 is 0 Å². The molecule has 2 aromatic heterocycles. The third-order valence-electron chi connectivity index (χ3n) is 5.55. The van der Waals surface area contributed by atoms with Crippen LogP contribution in [-0.4, -0.2) is 46.0 Å². The molecule has 0 aliphatic heterocycles. The van der Waals surface area contributed by atoms with Crippen LogP contribution in [0.4, 0.5) is 5.69 Å². The van der Waals surface area contributed by atoms with Crippen LogP contribution < -0.4 is 10.9 Å². The van der Waals surface area contributed by atoms with Crippen molar-refractivity contribution in [2.45, 2.75) is 25.3 Å². The van der Waals surface area contributed by atoms with Crippen LogP contribution in [0.1, 0.15) is 17.0 Å². The summed E-state index contributed by atoms with van der Waals surface area (Å²) in [6, 6.07) is 10.6. The maximum Gasteiger partial charge on any atom is 0.262 e. The minimum Gasteiger partial charge on any atom is -0.377 e. The molecule has 4 aromatic rings. The number of anilines is 1. The average Bonchev–Trinajstić information content (AvgIpc) is 3.17. The summed E-state index contributed by atoms with van der Waals surface area (Å²) in [6.45, 7) is 4.12. The van der Waals surface area contributed by atoms with E-state index in [0.29, 0.717) is 29.2 Å². The van der Waals surface area contributed by atoms with Gasteiger partial charge in [-0.15, -0.1) is 10.2 Å². The first-order chi connectivity index (χ1) is 14.6. The Hall–Kier alpha value is -3.24. The molecular formula is C21H24N6O3S. The number of nitrogens with one attached hydrogen (secondary N) is 1. The summed E-state index contributed by atoms with van der Waals surface area (Å²) in [5.41, 5.74) is 3.10. The van der Waals surface area contributed by atoms with Crippen molar-refractivity contribution in [3.05, 3.63) is 63.7 Å². The molecule has 0 atom stereocenters. The standard InChI is InChI=1S/C21H24N6O3S/c1-13-10-15(31(29,30)25(3)4)11-17(14(13)2)22-12-19-23-24-21-26(5)20(28)16-8-6-7-9-18(16)27(19)21/h6-11,22H,12H2,1-5H3. The maximum atomic E-state index is 12.6. The second kappa shape index (κ2) is 7.47. The van der Waals surface area contributed by atoms with Gasteiger partial charge in [-0.1, -0.05) is 12.1 Å². The Morgan fingerprint density at radius 1 is 1.10 bits per heavy atom. The van der Waals surface area contributed by atoms with Crippen molar-refractivity contribution in [3.63, 3.8) is 0 Å². The molecule has 4 rings (SSSR count). The van der Waals surface area contributed by atoms with E-state index < -0.39 is 10.0 Å². The average molecular weight is 441 g/mol. The van der Waals surface area contributed by atoms with Crippen molar-refractivity contribution in [2.75, 3.05) is 19.4 Å². The fourth-order valence-corrected chi connectivity index (χ4v) is 4.56. The first kappa shape index (κ1) is 21.0. The van der Waals surface area contributed by atoms with Crippen LogP contribution in [0.25, 0.3) is 16.7 Å². The Morgan fingerprint density at radius 2 is 1.81 bits per heavy atom. The maximum absolute atomic E-state index is 12.6. The van der Waals surface area contributed by atoms with Crippen LogP contribution in [0, 0.1) is 13.8 Å². The quantitative estimate of drug-likeness (QED) is 0.510. The Labute approximate surface area is 180 Å². The highest BCUT2D eigenvalue weighted by Crippen LogP contribution is 2.26. The molecule has 0 unspecified atom stereocenters. The van der Waals surface area contributed by atoms with Gasteiger partial charge in [0.2, 0.25) is 15.8 Å². The Morgan fingerprint density at radius 3 is 2.52 bits per heavy atom. The number of fused-ring (bicyclic) bond motifs is 3. The summed E-state index contributed by atoms with van der Waals surface area (Å²) < 4.78 is 29.7. The fraction of sp³-hybridized carbons (Fsp3) is 0.286. The number of aryl methyl sites for hydroxylation is 2. The van der Waals surface area contributed by atoms with Gasteiger partial charge in [-0.2, -0.15) is 0 Å². The molecule has 162 valence electrons. The Bertz CT molecular complexity index is 1480. The second-order valence-corrected chi connectivity index (χ2v) is 9.84. The largest absolute Gasteiger partial charge is 0.377 e. The van der Waals surface area contributed by atoms with Gasteiger partial charge in [-0.3, -0.25) is 13.8 Å². The lowest BCUT2D eigenvalue weighted by molar-refractivity contribution is 0.520. The molecule has 31 heavy (non-hydrogen) atoms. The molecule has 10 heteroatoms. The smallest absolute Gasteiger partial charge is 0.262 e. The van der Waals surface area contributed by atoms with E-state index >= 15 is 0 Å². The molecule has 0 saturated heterocycles. The van der Waals surface area contributed by atoms with Crippen molar-refractivity contribution in [1.29, 1.82) is 0 Å². The number of sulfonamides is 1. The van der Waals surface area contributed by atoms with E-state index in [9.17, 15) is 13.2 Å². The van der Waals surface area contributed by atoms with E-state index in [0.717, 1.165) is 16.6 Å². The molecule has 0 bridgehead atoms. The minimum atomic E-state index is -3.56. The van der Waals surface area contributed by atoms with E-state index in [1.807, 2.05) is 36.4 Å². The lowest BCUT2D eigenvalue weighted by Crippen LogP contribution is -2.22. The van der Waals surface area contributed by atoms with Gasteiger partial charge in [0.05, 0.1) is 22.3 Å². The summed E-state index contributed by atoms with van der Waals surface area (Å²) in [7, 11) is 1.12. The summed E-state index contributed by atoms with van der Waals surface area (Å²) in [4.78, 5) is 12.8. The van der Waals surface area contributed by atoms with Gasteiger partial charge < -0.3 is 5.32 Å². The fourth-order valence-electron chi connectivity index (χ4n) is 3.55. The highest BCUT2D eigenvalue weighted by Gasteiger charge is 2.20. The summed E-state index contributed by atoms with van der Waals surface area (Å²) in [6.07, 6.45) is 0. The summed E-state index contributed by atoms with van der Waals surface area (Å²) >= 11 is 0. The van der Waals surface area contributed by atoms with Gasteiger partial charge in [0.25, 0.3) is 5.56 Å². The first-order valence-corrected chi connectivity index (χ1v) is 11.2. The molecule has 1 N–H and O–H groups in total. The van der Waals surface area contributed by atoms with Gasteiger partial charge in [0.15, 0.2) is 5.82 Å². The Kier molecular flexibility index (Phi) is 5.06. The molecule has 0 amide bonds. The molecule has 0 fully saturated rings. The normalized spacial score (nSPS) is 12.2. The lowest BCUT2D eigenvalue weighted by Gasteiger charge is -2.17. The summed E-state index contributed by atoms with van der Waals surface area (Å²) in [5, 5.41) is 12.4. The van der Waals surface area contributed by atoms with Crippen molar-refractivity contribution in [2.24, 2.45) is 7.05 Å². The highest BCUT2D eigenvalue weighted by molar-refractivity contribution is 7.89. The van der Waals surface area contributed by atoms with Crippen LogP contribution in [0.2, 0.25) is 0 Å². The SMILES string of the molecule is Cc1cc(S(=O)(=O)N(C)C)cc(NCc2nnc3n(C)c(=O)c4ccccc4n23)c1C. The number of aromatic nitrogens is 4. The van der Waals surface area contributed by atoms with Crippen molar-refractivity contribution >= 4 is 32.4 Å². The number of rotatable bonds is 5. The van der Waals surface area contributed by atoms with Gasteiger partial charge in [0.1, 0.15) is 0 Å². The Balaban J connectivity index is 1.79. The predicted molar refractivity (Wildman–Crippen MR) is 120 cm³/mol.